The lowest BCUT2D eigenvalue weighted by Gasteiger charge is -2.29. The van der Waals surface area contributed by atoms with Crippen molar-refractivity contribution in [3.8, 4) is 0 Å². The van der Waals surface area contributed by atoms with Gasteiger partial charge in [0.15, 0.2) is 0 Å². The second-order valence-corrected chi connectivity index (χ2v) is 5.52. The van der Waals surface area contributed by atoms with Crippen molar-refractivity contribution in [1.29, 1.82) is 0 Å². The van der Waals surface area contributed by atoms with Crippen molar-refractivity contribution in [2.75, 3.05) is 0 Å². The smallest absolute Gasteiger partial charge is 0.335 e. The normalized spacial score (nSPS) is 23.2. The van der Waals surface area contributed by atoms with E-state index < -0.39 is 5.97 Å². The standard InChI is InChI=1S/C16H23NO2/c1-2-12-4-3-5-15(10-12)17-11-13-6-8-14(9-7-13)16(18)19/h6-9,12,15,17H,2-5,10-11H2,1H3,(H,18,19). The minimum Gasteiger partial charge on any atom is -0.478 e. The lowest BCUT2D eigenvalue weighted by molar-refractivity contribution is 0.0697. The van der Waals surface area contributed by atoms with Crippen molar-refractivity contribution >= 4 is 5.97 Å². The minimum atomic E-state index is -0.863. The molecule has 3 nitrogen and oxygen atoms in total. The zero-order chi connectivity index (χ0) is 13.7. The van der Waals surface area contributed by atoms with E-state index >= 15 is 0 Å². The zero-order valence-electron chi connectivity index (χ0n) is 11.6. The first kappa shape index (κ1) is 14.1. The lowest BCUT2D eigenvalue weighted by Crippen LogP contribution is -2.33. The fraction of sp³-hybridized carbons (Fsp3) is 0.562. The highest BCUT2D eigenvalue weighted by Gasteiger charge is 2.19. The van der Waals surface area contributed by atoms with E-state index in [0.29, 0.717) is 11.6 Å². The van der Waals surface area contributed by atoms with E-state index in [1.54, 1.807) is 12.1 Å². The quantitative estimate of drug-likeness (QED) is 0.853. The molecule has 0 radical (unpaired) electrons. The third-order valence-corrected chi connectivity index (χ3v) is 4.16. The monoisotopic (exact) mass is 261 g/mol. The molecule has 0 aromatic heterocycles. The third-order valence-electron chi connectivity index (χ3n) is 4.16. The maximum Gasteiger partial charge on any atom is 0.335 e. The molecule has 1 aliphatic rings. The maximum absolute atomic E-state index is 10.8. The molecule has 1 aromatic carbocycles. The van der Waals surface area contributed by atoms with Gasteiger partial charge in [0.05, 0.1) is 5.56 Å². The van der Waals surface area contributed by atoms with Gasteiger partial charge in [-0.1, -0.05) is 38.3 Å². The van der Waals surface area contributed by atoms with E-state index in [1.165, 1.54) is 32.1 Å². The van der Waals surface area contributed by atoms with Gasteiger partial charge in [-0.05, 0) is 36.5 Å². The largest absolute Gasteiger partial charge is 0.478 e. The number of aromatic carboxylic acids is 1. The molecule has 2 rings (SSSR count). The van der Waals surface area contributed by atoms with Gasteiger partial charge < -0.3 is 10.4 Å². The van der Waals surface area contributed by atoms with E-state index in [4.69, 9.17) is 5.11 Å². The van der Waals surface area contributed by atoms with Crippen LogP contribution < -0.4 is 5.32 Å². The molecule has 2 unspecified atom stereocenters. The number of nitrogens with one attached hydrogen (secondary N) is 1. The number of hydrogen-bond acceptors (Lipinski definition) is 2. The van der Waals surface area contributed by atoms with Gasteiger partial charge in [-0.3, -0.25) is 0 Å². The molecule has 2 atom stereocenters. The molecule has 0 saturated heterocycles. The summed E-state index contributed by atoms with van der Waals surface area (Å²) >= 11 is 0. The average Bonchev–Trinajstić information content (AvgIpc) is 2.46. The van der Waals surface area contributed by atoms with Crippen LogP contribution in [0, 0.1) is 5.92 Å². The molecule has 0 spiro atoms. The Labute approximate surface area is 115 Å². The van der Waals surface area contributed by atoms with Crippen molar-refractivity contribution in [2.45, 2.75) is 51.6 Å². The van der Waals surface area contributed by atoms with Gasteiger partial charge in [-0.15, -0.1) is 0 Å². The van der Waals surface area contributed by atoms with Crippen molar-refractivity contribution in [1.82, 2.24) is 5.32 Å². The predicted octanol–water partition coefficient (Wildman–Crippen LogP) is 3.44. The number of carbonyl (C=O) groups is 1. The van der Waals surface area contributed by atoms with Crippen molar-refractivity contribution in [3.05, 3.63) is 35.4 Å². The molecule has 19 heavy (non-hydrogen) atoms. The van der Waals surface area contributed by atoms with Crippen LogP contribution in [0.15, 0.2) is 24.3 Å². The van der Waals surface area contributed by atoms with Gasteiger partial charge in [0.2, 0.25) is 0 Å². The second kappa shape index (κ2) is 6.71. The Morgan fingerprint density at radius 2 is 2.05 bits per heavy atom. The molecular formula is C16H23NO2. The second-order valence-electron chi connectivity index (χ2n) is 5.52. The number of carboxylic acids is 1. The van der Waals surface area contributed by atoms with Crippen LogP contribution in [0.5, 0.6) is 0 Å². The molecule has 1 fully saturated rings. The summed E-state index contributed by atoms with van der Waals surface area (Å²) in [4.78, 5) is 10.8. The predicted molar refractivity (Wildman–Crippen MR) is 76.3 cm³/mol. The first-order valence-corrected chi connectivity index (χ1v) is 7.24. The summed E-state index contributed by atoms with van der Waals surface area (Å²) in [5, 5.41) is 12.5. The zero-order valence-corrected chi connectivity index (χ0v) is 11.6. The molecule has 1 aromatic rings. The van der Waals surface area contributed by atoms with Gasteiger partial charge in [0.1, 0.15) is 0 Å². The maximum atomic E-state index is 10.8. The fourth-order valence-electron chi connectivity index (χ4n) is 2.87. The van der Waals surface area contributed by atoms with E-state index in [-0.39, 0.29) is 0 Å². The molecule has 0 amide bonds. The number of hydrogen-bond donors (Lipinski definition) is 2. The Morgan fingerprint density at radius 3 is 2.68 bits per heavy atom. The molecule has 1 aliphatic carbocycles. The van der Waals surface area contributed by atoms with Crippen LogP contribution in [-0.4, -0.2) is 17.1 Å². The Kier molecular flexibility index (Phi) is 4.97. The molecular weight excluding hydrogens is 238 g/mol. The van der Waals surface area contributed by atoms with Gasteiger partial charge in [0.25, 0.3) is 0 Å². The summed E-state index contributed by atoms with van der Waals surface area (Å²) in [6.45, 7) is 3.11. The topological polar surface area (TPSA) is 49.3 Å². The molecule has 0 aliphatic heterocycles. The van der Waals surface area contributed by atoms with Crippen LogP contribution in [0.4, 0.5) is 0 Å². The van der Waals surface area contributed by atoms with Crippen molar-refractivity contribution in [2.24, 2.45) is 5.92 Å². The van der Waals surface area contributed by atoms with Gasteiger partial charge in [-0.2, -0.15) is 0 Å². The number of carboxylic acid groups (broad SMARTS) is 1. The molecule has 104 valence electrons. The molecule has 0 heterocycles. The van der Waals surface area contributed by atoms with Gasteiger partial charge in [-0.25, -0.2) is 4.79 Å². The number of rotatable bonds is 5. The third kappa shape index (κ3) is 4.06. The summed E-state index contributed by atoms with van der Waals surface area (Å²) in [6, 6.07) is 7.77. The van der Waals surface area contributed by atoms with Crippen LogP contribution in [0.25, 0.3) is 0 Å². The van der Waals surface area contributed by atoms with Gasteiger partial charge >= 0.3 is 5.97 Å². The highest BCUT2D eigenvalue weighted by Crippen LogP contribution is 2.26. The summed E-state index contributed by atoms with van der Waals surface area (Å²) in [5.41, 5.74) is 1.51. The molecule has 0 bridgehead atoms. The Morgan fingerprint density at radius 1 is 1.32 bits per heavy atom. The van der Waals surface area contributed by atoms with Crippen LogP contribution in [0.3, 0.4) is 0 Å². The molecule has 1 saturated carbocycles. The van der Waals surface area contributed by atoms with E-state index in [9.17, 15) is 4.79 Å². The van der Waals surface area contributed by atoms with Crippen LogP contribution in [0.1, 0.15) is 54.9 Å². The van der Waals surface area contributed by atoms with E-state index in [0.717, 1.165) is 18.0 Å². The highest BCUT2D eigenvalue weighted by molar-refractivity contribution is 5.87. The SMILES string of the molecule is CCC1CCCC(NCc2ccc(C(=O)O)cc2)C1. The minimum absolute atomic E-state index is 0.354. The molecule has 2 N–H and O–H groups in total. The highest BCUT2D eigenvalue weighted by atomic mass is 16.4. The molecule has 3 heteroatoms. The Hall–Kier alpha value is -1.35. The first-order chi connectivity index (χ1) is 9.19. The van der Waals surface area contributed by atoms with E-state index in [2.05, 4.69) is 12.2 Å². The first-order valence-electron chi connectivity index (χ1n) is 7.24. The van der Waals surface area contributed by atoms with Crippen LogP contribution in [-0.2, 0) is 6.54 Å². The summed E-state index contributed by atoms with van der Waals surface area (Å²) < 4.78 is 0. The Balaban J connectivity index is 1.83. The summed E-state index contributed by atoms with van der Waals surface area (Å²) in [7, 11) is 0. The van der Waals surface area contributed by atoms with Crippen LogP contribution >= 0.6 is 0 Å². The average molecular weight is 261 g/mol. The lowest BCUT2D eigenvalue weighted by atomic mass is 9.84. The summed E-state index contributed by atoms with van der Waals surface area (Å²) in [6.07, 6.45) is 6.54. The number of benzene rings is 1. The van der Waals surface area contributed by atoms with E-state index in [1.807, 2.05) is 12.1 Å². The van der Waals surface area contributed by atoms with Crippen LogP contribution in [0.2, 0.25) is 0 Å². The van der Waals surface area contributed by atoms with Crippen molar-refractivity contribution < 1.29 is 9.90 Å². The van der Waals surface area contributed by atoms with Gasteiger partial charge in [0, 0.05) is 12.6 Å². The fourth-order valence-corrected chi connectivity index (χ4v) is 2.87. The van der Waals surface area contributed by atoms with Crippen molar-refractivity contribution in [3.63, 3.8) is 0 Å². The Bertz CT molecular complexity index is 413. The summed E-state index contributed by atoms with van der Waals surface area (Å²) in [5.74, 6) is 0.0122.